The third-order valence-corrected chi connectivity index (χ3v) is 4.48. The molecule has 0 bridgehead atoms. The highest BCUT2D eigenvalue weighted by Crippen LogP contribution is 2.40. The third kappa shape index (κ3) is 3.48. The van der Waals surface area contributed by atoms with Crippen molar-refractivity contribution in [3.8, 4) is 22.4 Å². The van der Waals surface area contributed by atoms with Crippen LogP contribution in [0.2, 0.25) is 0 Å². The highest BCUT2D eigenvalue weighted by atomic mass is 16.5. The zero-order chi connectivity index (χ0) is 20.2. The van der Waals surface area contributed by atoms with Crippen LogP contribution < -0.4 is 5.32 Å². The van der Waals surface area contributed by atoms with Crippen LogP contribution in [0.5, 0.6) is 0 Å². The monoisotopic (exact) mass is 386 g/mol. The number of carbonyl (C=O) groups excluding carboxylic acids is 2. The van der Waals surface area contributed by atoms with Gasteiger partial charge in [0.2, 0.25) is 17.9 Å². The molecular weight excluding hydrogens is 368 g/mol. The van der Waals surface area contributed by atoms with Gasteiger partial charge in [0, 0.05) is 5.56 Å². The SMILES string of the molecule is CCOC(=O)c1oc2nc(-c3ccccc3)cc(-c3ccccc3)c2c1NC=O. The molecule has 2 aromatic heterocycles. The molecule has 0 fully saturated rings. The number of rotatable bonds is 6. The number of furan rings is 1. The molecule has 2 aromatic carbocycles. The van der Waals surface area contributed by atoms with Crippen LogP contribution in [0.4, 0.5) is 5.69 Å². The van der Waals surface area contributed by atoms with Gasteiger partial charge >= 0.3 is 5.97 Å². The Balaban J connectivity index is 2.04. The molecule has 6 nitrogen and oxygen atoms in total. The van der Waals surface area contributed by atoms with Gasteiger partial charge < -0.3 is 14.5 Å². The Labute approximate surface area is 167 Å². The highest BCUT2D eigenvalue weighted by molar-refractivity contribution is 6.11. The Morgan fingerprint density at radius 1 is 1.07 bits per heavy atom. The second-order valence-corrected chi connectivity index (χ2v) is 6.26. The van der Waals surface area contributed by atoms with E-state index in [2.05, 4.69) is 10.3 Å². The second kappa shape index (κ2) is 7.98. The topological polar surface area (TPSA) is 81.4 Å². The molecule has 2 heterocycles. The van der Waals surface area contributed by atoms with Gasteiger partial charge in [-0.25, -0.2) is 9.78 Å². The van der Waals surface area contributed by atoms with E-state index in [0.29, 0.717) is 17.5 Å². The molecule has 29 heavy (non-hydrogen) atoms. The second-order valence-electron chi connectivity index (χ2n) is 6.26. The number of hydrogen-bond donors (Lipinski definition) is 1. The molecule has 144 valence electrons. The zero-order valence-corrected chi connectivity index (χ0v) is 15.7. The minimum atomic E-state index is -0.657. The first kappa shape index (κ1) is 18.4. The van der Waals surface area contributed by atoms with E-state index in [9.17, 15) is 9.59 Å². The van der Waals surface area contributed by atoms with Crippen molar-refractivity contribution in [3.63, 3.8) is 0 Å². The quantitative estimate of drug-likeness (QED) is 0.376. The lowest BCUT2D eigenvalue weighted by Crippen LogP contribution is -2.07. The summed E-state index contributed by atoms with van der Waals surface area (Å²) in [5.74, 6) is -0.737. The van der Waals surface area contributed by atoms with Gasteiger partial charge in [0.05, 0.1) is 17.7 Å². The predicted molar refractivity (Wildman–Crippen MR) is 111 cm³/mol. The number of pyridine rings is 1. The van der Waals surface area contributed by atoms with Gasteiger partial charge in [-0.05, 0) is 24.1 Å². The molecule has 0 saturated carbocycles. The Hall–Kier alpha value is -3.93. The van der Waals surface area contributed by atoms with Crippen molar-refractivity contribution in [1.82, 2.24) is 4.98 Å². The van der Waals surface area contributed by atoms with Crippen LogP contribution in [0.25, 0.3) is 33.5 Å². The minimum Gasteiger partial charge on any atom is -0.460 e. The van der Waals surface area contributed by atoms with Crippen LogP contribution in [0, 0.1) is 0 Å². The maximum absolute atomic E-state index is 12.4. The summed E-state index contributed by atoms with van der Waals surface area (Å²) >= 11 is 0. The number of benzene rings is 2. The fourth-order valence-electron chi connectivity index (χ4n) is 3.24. The zero-order valence-electron chi connectivity index (χ0n) is 15.7. The van der Waals surface area contributed by atoms with Gasteiger partial charge in [-0.1, -0.05) is 60.7 Å². The van der Waals surface area contributed by atoms with Gasteiger partial charge in [0.1, 0.15) is 5.69 Å². The first-order valence-electron chi connectivity index (χ1n) is 9.18. The van der Waals surface area contributed by atoms with E-state index < -0.39 is 5.97 Å². The van der Waals surface area contributed by atoms with Crippen molar-refractivity contribution in [1.29, 1.82) is 0 Å². The summed E-state index contributed by atoms with van der Waals surface area (Å²) in [5.41, 5.74) is 3.79. The smallest absolute Gasteiger partial charge is 0.376 e. The average molecular weight is 386 g/mol. The fourth-order valence-corrected chi connectivity index (χ4v) is 3.24. The summed E-state index contributed by atoms with van der Waals surface area (Å²) in [6.45, 7) is 1.89. The Bertz CT molecular complexity index is 1170. The normalized spacial score (nSPS) is 10.7. The molecule has 0 unspecified atom stereocenters. The van der Waals surface area contributed by atoms with Crippen LogP contribution in [0.3, 0.4) is 0 Å². The maximum atomic E-state index is 12.4. The standard InChI is InChI=1S/C23H18N2O4/c1-2-28-23(27)21-20(24-14-26)19-17(15-9-5-3-6-10-15)13-18(25-22(19)29-21)16-11-7-4-8-12-16/h3-14H,2H2,1H3,(H,24,26). The largest absolute Gasteiger partial charge is 0.460 e. The lowest BCUT2D eigenvalue weighted by molar-refractivity contribution is -0.105. The number of carbonyl (C=O) groups is 2. The van der Waals surface area contributed by atoms with Crippen LogP contribution >= 0.6 is 0 Å². The van der Waals surface area contributed by atoms with E-state index in [0.717, 1.165) is 16.7 Å². The molecule has 0 atom stereocenters. The number of hydrogen-bond acceptors (Lipinski definition) is 5. The molecule has 0 aliphatic heterocycles. The van der Waals surface area contributed by atoms with Crippen molar-refractivity contribution < 1.29 is 18.7 Å². The minimum absolute atomic E-state index is 0.0798. The maximum Gasteiger partial charge on any atom is 0.376 e. The fraction of sp³-hybridized carbons (Fsp3) is 0.0870. The third-order valence-electron chi connectivity index (χ3n) is 4.48. The summed E-state index contributed by atoms with van der Waals surface area (Å²) in [5, 5.41) is 3.14. The van der Waals surface area contributed by atoms with E-state index in [-0.39, 0.29) is 23.8 Å². The number of aromatic nitrogens is 1. The van der Waals surface area contributed by atoms with Crippen LogP contribution in [0.1, 0.15) is 17.5 Å². The van der Waals surface area contributed by atoms with E-state index in [1.54, 1.807) is 6.92 Å². The molecule has 4 rings (SSSR count). The summed E-state index contributed by atoms with van der Waals surface area (Å²) in [4.78, 5) is 28.3. The van der Waals surface area contributed by atoms with E-state index in [4.69, 9.17) is 9.15 Å². The van der Waals surface area contributed by atoms with Crippen molar-refractivity contribution >= 4 is 29.2 Å². The van der Waals surface area contributed by atoms with Crippen molar-refractivity contribution in [2.75, 3.05) is 11.9 Å². The summed E-state index contributed by atoms with van der Waals surface area (Å²) in [7, 11) is 0. The summed E-state index contributed by atoms with van der Waals surface area (Å²) in [6.07, 6.45) is 0.507. The van der Waals surface area contributed by atoms with Gasteiger partial charge in [-0.3, -0.25) is 4.79 Å². The van der Waals surface area contributed by atoms with Gasteiger partial charge in [-0.15, -0.1) is 0 Å². The molecule has 0 aliphatic rings. The summed E-state index contributed by atoms with van der Waals surface area (Å²) in [6, 6.07) is 21.3. The molecule has 1 N–H and O–H groups in total. The number of anilines is 1. The molecule has 4 aromatic rings. The van der Waals surface area contributed by atoms with Crippen LogP contribution in [-0.2, 0) is 9.53 Å². The first-order valence-corrected chi connectivity index (χ1v) is 9.18. The summed E-state index contributed by atoms with van der Waals surface area (Å²) < 4.78 is 10.9. The van der Waals surface area contributed by atoms with Crippen LogP contribution in [0.15, 0.2) is 71.1 Å². The molecule has 0 radical (unpaired) electrons. The lowest BCUT2D eigenvalue weighted by Gasteiger charge is -2.08. The van der Waals surface area contributed by atoms with Gasteiger partial charge in [0.25, 0.3) is 0 Å². The molecule has 6 heteroatoms. The predicted octanol–water partition coefficient (Wildman–Crippen LogP) is 4.91. The number of amides is 1. The Morgan fingerprint density at radius 2 is 1.72 bits per heavy atom. The van der Waals surface area contributed by atoms with Crippen molar-refractivity contribution in [2.45, 2.75) is 6.92 Å². The number of fused-ring (bicyclic) bond motifs is 1. The van der Waals surface area contributed by atoms with E-state index >= 15 is 0 Å². The van der Waals surface area contributed by atoms with E-state index in [1.807, 2.05) is 66.7 Å². The Kier molecular flexibility index (Phi) is 5.07. The molecule has 0 saturated heterocycles. The van der Waals surface area contributed by atoms with E-state index in [1.165, 1.54) is 0 Å². The van der Waals surface area contributed by atoms with Gasteiger partial charge in [0.15, 0.2) is 0 Å². The lowest BCUT2D eigenvalue weighted by atomic mass is 9.99. The van der Waals surface area contributed by atoms with Crippen molar-refractivity contribution in [3.05, 3.63) is 72.5 Å². The Morgan fingerprint density at radius 3 is 2.34 bits per heavy atom. The first-order chi connectivity index (χ1) is 14.2. The van der Waals surface area contributed by atoms with Crippen LogP contribution in [-0.4, -0.2) is 24.0 Å². The number of ether oxygens (including phenoxy) is 1. The highest BCUT2D eigenvalue weighted by Gasteiger charge is 2.26. The van der Waals surface area contributed by atoms with Crippen molar-refractivity contribution in [2.24, 2.45) is 0 Å². The number of nitrogens with zero attached hydrogens (tertiary/aromatic N) is 1. The molecule has 0 spiro atoms. The molecular formula is C23H18N2O4. The molecule has 1 amide bonds. The average Bonchev–Trinajstić information content (AvgIpc) is 3.13. The molecule has 0 aliphatic carbocycles. The van der Waals surface area contributed by atoms with Gasteiger partial charge in [-0.2, -0.15) is 0 Å². The number of esters is 1. The number of nitrogens with one attached hydrogen (secondary N) is 1.